The van der Waals surface area contributed by atoms with E-state index in [0.29, 0.717) is 21.0 Å². The first-order chi connectivity index (χ1) is 17.5. The van der Waals surface area contributed by atoms with Gasteiger partial charge in [0.1, 0.15) is 10.6 Å². The minimum Gasteiger partial charge on any atom is -0.379 e. The molecule has 0 saturated heterocycles. The van der Waals surface area contributed by atoms with Crippen LogP contribution in [-0.4, -0.2) is 25.8 Å². The molecule has 5 aromatic rings. The van der Waals surface area contributed by atoms with Gasteiger partial charge in [0.2, 0.25) is 0 Å². The Morgan fingerprint density at radius 1 is 0.784 bits per heavy atom. The zero-order valence-corrected chi connectivity index (χ0v) is 23.0. The molecular weight excluding hydrogens is 576 g/mol. The normalized spacial score (nSPS) is 12.1. The zero-order chi connectivity index (χ0) is 26.4. The number of fused-ring (bicyclic) bond motifs is 1. The molecule has 0 unspecified atom stereocenters. The molecule has 7 nitrogen and oxygen atoms in total. The number of hydrogen-bond donors (Lipinski definition) is 0. The van der Waals surface area contributed by atoms with E-state index in [1.807, 2.05) is 13.8 Å². The number of hydrogen-bond acceptors (Lipinski definition) is 6. The van der Waals surface area contributed by atoms with Crippen LogP contribution in [0.5, 0.6) is 5.75 Å². The molecule has 188 valence electrons. The molecule has 0 aliphatic heterocycles. The third-order valence-corrected chi connectivity index (χ3v) is 9.20. The highest BCUT2D eigenvalue weighted by atomic mass is 79.9. The molecule has 2 aromatic heterocycles. The van der Waals surface area contributed by atoms with Gasteiger partial charge < -0.3 is 4.18 Å². The minimum absolute atomic E-state index is 0.0579. The molecule has 37 heavy (non-hydrogen) atoms. The molecule has 10 heteroatoms. The number of benzene rings is 3. The summed E-state index contributed by atoms with van der Waals surface area (Å²) < 4.78 is 59.4. The van der Waals surface area contributed by atoms with Gasteiger partial charge in [0.15, 0.2) is 5.65 Å². The Kier molecular flexibility index (Phi) is 6.43. The number of pyridine rings is 1. The van der Waals surface area contributed by atoms with Crippen molar-refractivity contribution in [2.45, 2.75) is 23.6 Å². The third kappa shape index (κ3) is 4.92. The Balaban J connectivity index is 1.54. The summed E-state index contributed by atoms with van der Waals surface area (Å²) in [5.41, 5.74) is 3.45. The fourth-order valence-electron chi connectivity index (χ4n) is 3.86. The number of aromatic nitrogens is 2. The second-order valence-electron chi connectivity index (χ2n) is 8.56. The standard InChI is InChI=1S/C27H21BrN2O5S2/c1-18-3-11-23(12-4-18)36(31,32)30-17-26(25-15-21(28)16-29-27(25)30)20-7-9-22(10-8-20)35-37(33,34)24-13-5-19(2)6-14-24/h3-17H,1-2H3. The van der Waals surface area contributed by atoms with E-state index in [0.717, 1.165) is 11.1 Å². The maximum Gasteiger partial charge on any atom is 0.339 e. The summed E-state index contributed by atoms with van der Waals surface area (Å²) in [6.07, 6.45) is 3.07. The van der Waals surface area contributed by atoms with E-state index in [1.165, 1.54) is 34.4 Å². The Labute approximate surface area is 223 Å². The van der Waals surface area contributed by atoms with Crippen molar-refractivity contribution < 1.29 is 21.0 Å². The van der Waals surface area contributed by atoms with Gasteiger partial charge in [0.25, 0.3) is 10.0 Å². The van der Waals surface area contributed by atoms with Crippen molar-refractivity contribution in [3.63, 3.8) is 0 Å². The van der Waals surface area contributed by atoms with E-state index in [4.69, 9.17) is 4.18 Å². The summed E-state index contributed by atoms with van der Waals surface area (Å²) in [5, 5.41) is 0.617. The largest absolute Gasteiger partial charge is 0.379 e. The van der Waals surface area contributed by atoms with Crippen LogP contribution in [-0.2, 0) is 20.1 Å². The highest BCUT2D eigenvalue weighted by Gasteiger charge is 2.23. The maximum absolute atomic E-state index is 13.5. The van der Waals surface area contributed by atoms with E-state index >= 15 is 0 Å². The molecule has 0 fully saturated rings. The fourth-order valence-corrected chi connectivity index (χ4v) is 6.45. The van der Waals surface area contributed by atoms with E-state index in [2.05, 4.69) is 20.9 Å². The number of rotatable bonds is 6. The monoisotopic (exact) mass is 596 g/mol. The minimum atomic E-state index is -4.00. The van der Waals surface area contributed by atoms with Crippen molar-refractivity contribution >= 4 is 47.1 Å². The molecule has 0 spiro atoms. The lowest BCUT2D eigenvalue weighted by Crippen LogP contribution is -2.12. The van der Waals surface area contributed by atoms with Crippen molar-refractivity contribution in [1.29, 1.82) is 0 Å². The molecule has 0 amide bonds. The van der Waals surface area contributed by atoms with E-state index in [1.54, 1.807) is 60.8 Å². The molecule has 0 N–H and O–H groups in total. The predicted molar refractivity (Wildman–Crippen MR) is 146 cm³/mol. The fraction of sp³-hybridized carbons (Fsp3) is 0.0741. The molecule has 0 saturated carbocycles. The molecular formula is C27H21BrN2O5S2. The lowest BCUT2D eigenvalue weighted by Gasteiger charge is -2.08. The van der Waals surface area contributed by atoms with Gasteiger partial charge in [-0.3, -0.25) is 0 Å². The maximum atomic E-state index is 13.5. The second-order valence-corrected chi connectivity index (χ2v) is 12.8. The van der Waals surface area contributed by atoms with Crippen LogP contribution in [0, 0.1) is 13.8 Å². The van der Waals surface area contributed by atoms with Crippen molar-refractivity contribution in [2.75, 3.05) is 0 Å². The van der Waals surface area contributed by atoms with Crippen LogP contribution in [0.15, 0.2) is 106 Å². The highest BCUT2D eigenvalue weighted by molar-refractivity contribution is 9.10. The molecule has 0 radical (unpaired) electrons. The van der Waals surface area contributed by atoms with Crippen molar-refractivity contribution in [3.05, 3.63) is 107 Å². The Bertz CT molecular complexity index is 1830. The van der Waals surface area contributed by atoms with Gasteiger partial charge in [0, 0.05) is 27.8 Å². The van der Waals surface area contributed by atoms with E-state index in [-0.39, 0.29) is 21.2 Å². The third-order valence-electron chi connectivity index (χ3n) is 5.84. The first-order valence-electron chi connectivity index (χ1n) is 11.1. The molecule has 0 aliphatic carbocycles. The number of nitrogens with zero attached hydrogens (tertiary/aromatic N) is 2. The van der Waals surface area contributed by atoms with Crippen LogP contribution < -0.4 is 4.18 Å². The van der Waals surface area contributed by atoms with Gasteiger partial charge in [-0.25, -0.2) is 17.4 Å². The summed E-state index contributed by atoms with van der Waals surface area (Å²) >= 11 is 3.42. The van der Waals surface area contributed by atoms with Crippen molar-refractivity contribution in [3.8, 4) is 16.9 Å². The van der Waals surface area contributed by atoms with Crippen LogP contribution >= 0.6 is 15.9 Å². The Hall–Kier alpha value is -3.47. The summed E-state index contributed by atoms with van der Waals surface area (Å²) in [4.78, 5) is 4.58. The van der Waals surface area contributed by atoms with Gasteiger partial charge in [-0.2, -0.15) is 8.42 Å². The Morgan fingerprint density at radius 2 is 1.35 bits per heavy atom. The SMILES string of the molecule is Cc1ccc(S(=O)(=O)Oc2ccc(-c3cn(S(=O)(=O)c4ccc(C)cc4)c4ncc(Br)cc34)cc2)cc1. The predicted octanol–water partition coefficient (Wildman–Crippen LogP) is 6.09. The number of aryl methyl sites for hydroxylation is 2. The van der Waals surface area contributed by atoms with E-state index < -0.39 is 20.1 Å². The van der Waals surface area contributed by atoms with Gasteiger partial charge in [-0.1, -0.05) is 47.5 Å². The van der Waals surface area contributed by atoms with Crippen LogP contribution in [0.3, 0.4) is 0 Å². The van der Waals surface area contributed by atoms with Crippen LogP contribution in [0.2, 0.25) is 0 Å². The summed E-state index contributed by atoms with van der Waals surface area (Å²) in [6, 6.07) is 21.2. The molecule has 5 rings (SSSR count). The smallest absolute Gasteiger partial charge is 0.339 e. The molecule has 2 heterocycles. The van der Waals surface area contributed by atoms with Crippen LogP contribution in [0.1, 0.15) is 11.1 Å². The Morgan fingerprint density at radius 3 is 1.95 bits per heavy atom. The van der Waals surface area contributed by atoms with Crippen molar-refractivity contribution in [2.24, 2.45) is 0 Å². The lowest BCUT2D eigenvalue weighted by molar-refractivity contribution is 0.486. The number of halogens is 1. The highest BCUT2D eigenvalue weighted by Crippen LogP contribution is 2.34. The molecule has 3 aromatic carbocycles. The molecule has 0 bridgehead atoms. The topological polar surface area (TPSA) is 95.3 Å². The average molecular weight is 598 g/mol. The summed E-state index contributed by atoms with van der Waals surface area (Å²) in [5.74, 6) is 0.139. The van der Waals surface area contributed by atoms with E-state index in [9.17, 15) is 16.8 Å². The van der Waals surface area contributed by atoms with Gasteiger partial charge in [-0.15, -0.1) is 0 Å². The molecule has 0 atom stereocenters. The van der Waals surface area contributed by atoms with Crippen LogP contribution in [0.4, 0.5) is 0 Å². The quantitative estimate of drug-likeness (QED) is 0.220. The first kappa shape index (κ1) is 25.2. The van der Waals surface area contributed by atoms with Gasteiger partial charge >= 0.3 is 10.1 Å². The van der Waals surface area contributed by atoms with Crippen molar-refractivity contribution in [1.82, 2.24) is 8.96 Å². The van der Waals surface area contributed by atoms with Gasteiger partial charge in [0.05, 0.1) is 4.90 Å². The van der Waals surface area contributed by atoms with Crippen LogP contribution in [0.25, 0.3) is 22.2 Å². The average Bonchev–Trinajstić information content (AvgIpc) is 3.24. The lowest BCUT2D eigenvalue weighted by atomic mass is 10.1. The molecule has 0 aliphatic rings. The first-order valence-corrected chi connectivity index (χ1v) is 14.8. The van der Waals surface area contributed by atoms with Gasteiger partial charge in [-0.05, 0) is 77.8 Å². The summed E-state index contributed by atoms with van der Waals surface area (Å²) in [6.45, 7) is 3.76. The second kappa shape index (κ2) is 9.44. The summed E-state index contributed by atoms with van der Waals surface area (Å²) in [7, 11) is -7.91. The zero-order valence-electron chi connectivity index (χ0n) is 19.8.